The fourth-order valence-electron chi connectivity index (χ4n) is 2.17. The summed E-state index contributed by atoms with van der Waals surface area (Å²) in [6, 6.07) is 0. The van der Waals surface area contributed by atoms with Gasteiger partial charge in [0.2, 0.25) is 0 Å². The van der Waals surface area contributed by atoms with Crippen molar-refractivity contribution in [2.75, 3.05) is 13.2 Å². The predicted molar refractivity (Wildman–Crippen MR) is 57.6 cm³/mol. The van der Waals surface area contributed by atoms with Gasteiger partial charge in [-0.25, -0.2) is 0 Å². The first-order chi connectivity index (χ1) is 7.70. The van der Waals surface area contributed by atoms with E-state index < -0.39 is 0 Å². The van der Waals surface area contributed by atoms with E-state index >= 15 is 0 Å². The molecule has 1 aliphatic heterocycles. The lowest BCUT2D eigenvalue weighted by molar-refractivity contribution is -0.144. The van der Waals surface area contributed by atoms with Gasteiger partial charge in [0, 0.05) is 12.8 Å². The van der Waals surface area contributed by atoms with Crippen LogP contribution in [0, 0.1) is 5.92 Å². The summed E-state index contributed by atoms with van der Waals surface area (Å²) in [5.41, 5.74) is 1.10. The van der Waals surface area contributed by atoms with Crippen molar-refractivity contribution >= 4 is 5.97 Å². The molecule has 0 radical (unpaired) electrons. The standard InChI is InChI=1S/C12H16O4/c1-3-4-14-12-11-6-10(16-8(2)13)5-9(11)7-15-12/h3,6,9-10,12H,1,4-5,7H2,2H3/t9?,10?,12-/m1/s1. The van der Waals surface area contributed by atoms with Crippen molar-refractivity contribution in [2.45, 2.75) is 25.7 Å². The Labute approximate surface area is 94.9 Å². The van der Waals surface area contributed by atoms with Crippen LogP contribution in [-0.2, 0) is 19.0 Å². The van der Waals surface area contributed by atoms with Crippen LogP contribution in [0.25, 0.3) is 0 Å². The maximum Gasteiger partial charge on any atom is 0.303 e. The van der Waals surface area contributed by atoms with Crippen molar-refractivity contribution in [3.8, 4) is 0 Å². The molecule has 0 aromatic carbocycles. The lowest BCUT2D eigenvalue weighted by atomic mass is 10.1. The lowest BCUT2D eigenvalue weighted by Crippen LogP contribution is -2.15. The van der Waals surface area contributed by atoms with Crippen LogP contribution >= 0.6 is 0 Å². The third kappa shape index (κ3) is 2.33. The average Bonchev–Trinajstić information content (AvgIpc) is 2.74. The number of carbonyl (C=O) groups is 1. The molecule has 2 rings (SSSR count). The molecule has 4 heteroatoms. The Balaban J connectivity index is 1.96. The number of hydrogen-bond donors (Lipinski definition) is 0. The molecule has 88 valence electrons. The Morgan fingerprint density at radius 2 is 2.56 bits per heavy atom. The summed E-state index contributed by atoms with van der Waals surface area (Å²) in [6.07, 6.45) is 4.05. The number of esters is 1. The third-order valence-corrected chi connectivity index (χ3v) is 2.77. The van der Waals surface area contributed by atoms with E-state index in [2.05, 4.69) is 6.58 Å². The van der Waals surface area contributed by atoms with Crippen LogP contribution in [-0.4, -0.2) is 31.6 Å². The summed E-state index contributed by atoms with van der Waals surface area (Å²) in [6.45, 7) is 6.13. The topological polar surface area (TPSA) is 44.8 Å². The Hall–Kier alpha value is -1.13. The minimum Gasteiger partial charge on any atom is -0.458 e. The van der Waals surface area contributed by atoms with E-state index in [4.69, 9.17) is 14.2 Å². The number of fused-ring (bicyclic) bond motifs is 1. The molecule has 1 saturated heterocycles. The molecular formula is C12H16O4. The number of rotatable bonds is 4. The SMILES string of the molecule is C=CCO[C@@H]1OCC2CC(OC(C)=O)C=C21. The van der Waals surface area contributed by atoms with Crippen molar-refractivity contribution < 1.29 is 19.0 Å². The number of carbonyl (C=O) groups excluding carboxylic acids is 1. The molecule has 1 aliphatic carbocycles. The zero-order valence-corrected chi connectivity index (χ0v) is 9.35. The normalized spacial score (nSPS) is 32.1. The van der Waals surface area contributed by atoms with Crippen molar-refractivity contribution in [2.24, 2.45) is 5.92 Å². The highest BCUT2D eigenvalue weighted by Crippen LogP contribution is 2.37. The summed E-state index contributed by atoms with van der Waals surface area (Å²) in [5, 5.41) is 0. The number of ether oxygens (including phenoxy) is 3. The maximum absolute atomic E-state index is 10.8. The van der Waals surface area contributed by atoms with Crippen molar-refractivity contribution in [3.05, 3.63) is 24.3 Å². The van der Waals surface area contributed by atoms with E-state index in [0.29, 0.717) is 19.1 Å². The van der Waals surface area contributed by atoms with E-state index in [1.807, 2.05) is 6.08 Å². The largest absolute Gasteiger partial charge is 0.458 e. The number of hydrogen-bond acceptors (Lipinski definition) is 4. The molecule has 3 atom stereocenters. The second-order valence-corrected chi connectivity index (χ2v) is 4.03. The Morgan fingerprint density at radius 3 is 3.25 bits per heavy atom. The summed E-state index contributed by atoms with van der Waals surface area (Å²) >= 11 is 0. The molecule has 0 spiro atoms. The van der Waals surface area contributed by atoms with Gasteiger partial charge in [-0.15, -0.1) is 6.58 Å². The molecule has 16 heavy (non-hydrogen) atoms. The monoisotopic (exact) mass is 224 g/mol. The van der Waals surface area contributed by atoms with E-state index in [9.17, 15) is 4.79 Å². The fourth-order valence-corrected chi connectivity index (χ4v) is 2.17. The van der Waals surface area contributed by atoms with Crippen LogP contribution in [0.3, 0.4) is 0 Å². The molecular weight excluding hydrogens is 208 g/mol. The summed E-state index contributed by atoms with van der Waals surface area (Å²) in [7, 11) is 0. The van der Waals surface area contributed by atoms with Crippen molar-refractivity contribution in [1.29, 1.82) is 0 Å². The maximum atomic E-state index is 10.8. The molecule has 0 aromatic rings. The van der Waals surface area contributed by atoms with Crippen LogP contribution in [0.2, 0.25) is 0 Å². The molecule has 0 aromatic heterocycles. The van der Waals surface area contributed by atoms with Gasteiger partial charge in [0.15, 0.2) is 6.29 Å². The minimum absolute atomic E-state index is 0.115. The van der Waals surface area contributed by atoms with Gasteiger partial charge < -0.3 is 14.2 Å². The van der Waals surface area contributed by atoms with Crippen LogP contribution < -0.4 is 0 Å². The van der Waals surface area contributed by atoms with Gasteiger partial charge in [-0.1, -0.05) is 6.08 Å². The quantitative estimate of drug-likeness (QED) is 0.535. The molecule has 2 aliphatic rings. The van der Waals surface area contributed by atoms with E-state index in [1.54, 1.807) is 6.08 Å². The van der Waals surface area contributed by atoms with Crippen molar-refractivity contribution in [1.82, 2.24) is 0 Å². The highest BCUT2D eigenvalue weighted by molar-refractivity contribution is 5.66. The zero-order chi connectivity index (χ0) is 11.5. The van der Waals surface area contributed by atoms with Gasteiger partial charge in [0.05, 0.1) is 13.2 Å². The van der Waals surface area contributed by atoms with Gasteiger partial charge >= 0.3 is 5.97 Å². The average molecular weight is 224 g/mol. The van der Waals surface area contributed by atoms with Gasteiger partial charge in [-0.05, 0) is 18.1 Å². The van der Waals surface area contributed by atoms with E-state index in [1.165, 1.54) is 6.92 Å². The second-order valence-electron chi connectivity index (χ2n) is 4.03. The molecule has 0 N–H and O–H groups in total. The first kappa shape index (κ1) is 11.4. The second kappa shape index (κ2) is 4.80. The summed E-state index contributed by atoms with van der Waals surface area (Å²) in [4.78, 5) is 10.8. The van der Waals surface area contributed by atoms with Crippen LogP contribution in [0.4, 0.5) is 0 Å². The van der Waals surface area contributed by atoms with Crippen molar-refractivity contribution in [3.63, 3.8) is 0 Å². The van der Waals surface area contributed by atoms with Gasteiger partial charge in [0.1, 0.15) is 6.10 Å². The molecule has 4 nitrogen and oxygen atoms in total. The fraction of sp³-hybridized carbons (Fsp3) is 0.583. The van der Waals surface area contributed by atoms with E-state index in [-0.39, 0.29) is 18.4 Å². The zero-order valence-electron chi connectivity index (χ0n) is 9.35. The van der Waals surface area contributed by atoms with E-state index in [0.717, 1.165) is 12.0 Å². The highest BCUT2D eigenvalue weighted by Gasteiger charge is 2.39. The van der Waals surface area contributed by atoms with Crippen LogP contribution in [0.5, 0.6) is 0 Å². The smallest absolute Gasteiger partial charge is 0.303 e. The predicted octanol–water partition coefficient (Wildman–Crippen LogP) is 1.42. The third-order valence-electron chi connectivity index (χ3n) is 2.77. The molecule has 0 saturated carbocycles. The first-order valence-electron chi connectivity index (χ1n) is 5.43. The molecule has 1 fully saturated rings. The Morgan fingerprint density at radius 1 is 1.75 bits per heavy atom. The molecule has 0 amide bonds. The summed E-state index contributed by atoms with van der Waals surface area (Å²) in [5.74, 6) is 0.0884. The molecule has 2 unspecified atom stereocenters. The first-order valence-corrected chi connectivity index (χ1v) is 5.43. The Bertz CT molecular complexity index is 321. The minimum atomic E-state index is -0.288. The summed E-state index contributed by atoms with van der Waals surface area (Å²) < 4.78 is 16.1. The molecule has 0 bridgehead atoms. The van der Waals surface area contributed by atoms with Gasteiger partial charge in [-0.3, -0.25) is 4.79 Å². The molecule has 1 heterocycles. The lowest BCUT2D eigenvalue weighted by Gasteiger charge is -2.11. The Kier molecular flexibility index (Phi) is 3.41. The highest BCUT2D eigenvalue weighted by atomic mass is 16.7. The van der Waals surface area contributed by atoms with Crippen LogP contribution in [0.1, 0.15) is 13.3 Å². The van der Waals surface area contributed by atoms with Gasteiger partial charge in [0.25, 0.3) is 0 Å². The van der Waals surface area contributed by atoms with Crippen LogP contribution in [0.15, 0.2) is 24.3 Å². The van der Waals surface area contributed by atoms with Gasteiger partial charge in [-0.2, -0.15) is 0 Å².